The molecule has 84 valence electrons. The predicted octanol–water partition coefficient (Wildman–Crippen LogP) is 0.432. The quantitative estimate of drug-likeness (QED) is 0.677. The van der Waals surface area contributed by atoms with Crippen molar-refractivity contribution < 1.29 is 14.5 Å². The minimum absolute atomic E-state index is 0.972. The number of rotatable bonds is 4. The average molecular weight is 210 g/mol. The van der Waals surface area contributed by atoms with E-state index in [9.17, 15) is 0 Å². The van der Waals surface area contributed by atoms with Gasteiger partial charge in [0.05, 0.1) is 12.7 Å². The summed E-state index contributed by atoms with van der Waals surface area (Å²) in [6.07, 6.45) is 10.4. The lowest BCUT2D eigenvalue weighted by molar-refractivity contribution is -0.696. The molecule has 0 saturated heterocycles. The van der Waals surface area contributed by atoms with E-state index in [-0.39, 0.29) is 0 Å². The third-order valence-electron chi connectivity index (χ3n) is 1.69. The maximum absolute atomic E-state index is 8.89. The van der Waals surface area contributed by atoms with Crippen LogP contribution in [0.3, 0.4) is 0 Å². The Morgan fingerprint density at radius 3 is 2.67 bits per heavy atom. The van der Waals surface area contributed by atoms with Crippen LogP contribution in [0.1, 0.15) is 26.7 Å². The summed E-state index contributed by atoms with van der Waals surface area (Å²) in [5.74, 6) is -1.08. The number of aliphatic carboxylic acids is 1. The van der Waals surface area contributed by atoms with Gasteiger partial charge in [-0.25, -0.2) is 9.13 Å². The number of carbonyl (C=O) groups is 1. The van der Waals surface area contributed by atoms with Crippen molar-refractivity contribution in [3.63, 3.8) is 0 Å². The van der Waals surface area contributed by atoms with Gasteiger partial charge in [-0.3, -0.25) is 0 Å². The predicted molar refractivity (Wildman–Crippen MR) is 56.6 cm³/mol. The molecular formula is C11H18N2O2. The monoisotopic (exact) mass is 210 g/mol. The lowest BCUT2D eigenvalue weighted by atomic mass is 10.3. The Balaban J connectivity index is 0.000000423. The van der Waals surface area contributed by atoms with E-state index in [1.807, 2.05) is 17.1 Å². The van der Waals surface area contributed by atoms with Gasteiger partial charge in [0.1, 0.15) is 12.4 Å². The summed E-state index contributed by atoms with van der Waals surface area (Å²) in [5.41, 5.74) is 0. The second-order valence-electron chi connectivity index (χ2n) is 3.13. The van der Waals surface area contributed by atoms with Crippen molar-refractivity contribution in [1.29, 1.82) is 0 Å². The molecule has 0 spiro atoms. The molecule has 0 unspecified atom stereocenters. The molecule has 0 amide bonds. The summed E-state index contributed by atoms with van der Waals surface area (Å²) in [7, 11) is 0. The van der Waals surface area contributed by atoms with Gasteiger partial charge in [0.25, 0.3) is 0 Å². The fourth-order valence-electron chi connectivity index (χ4n) is 0.992. The standard InChI is InChI=1S/C9H15N2.C2H4O2/c1-3-5-6-11-8-7-10(4-2)9-11;1-2(3)4/h4,7-9H,2-3,5-6H2,1H3;1H3,(H,3,4)/q+1;/p-1. The van der Waals surface area contributed by atoms with E-state index >= 15 is 0 Å². The van der Waals surface area contributed by atoms with Crippen LogP contribution in [0.5, 0.6) is 0 Å². The highest BCUT2D eigenvalue weighted by Crippen LogP contribution is 1.88. The Hall–Kier alpha value is -1.58. The van der Waals surface area contributed by atoms with Gasteiger partial charge >= 0.3 is 0 Å². The van der Waals surface area contributed by atoms with Gasteiger partial charge in [0.2, 0.25) is 6.33 Å². The van der Waals surface area contributed by atoms with E-state index < -0.39 is 5.97 Å². The smallest absolute Gasteiger partial charge is 0.248 e. The Bertz CT molecular complexity index is 301. The molecule has 0 aromatic carbocycles. The van der Waals surface area contributed by atoms with E-state index in [1.54, 1.807) is 6.20 Å². The molecule has 0 aliphatic carbocycles. The van der Waals surface area contributed by atoms with Gasteiger partial charge in [0.15, 0.2) is 0 Å². The molecule has 0 fully saturated rings. The van der Waals surface area contributed by atoms with E-state index in [1.165, 1.54) is 12.8 Å². The topological polar surface area (TPSA) is 48.9 Å². The molecular weight excluding hydrogens is 192 g/mol. The second kappa shape index (κ2) is 7.79. The number of nitrogens with zero attached hydrogens (tertiary/aromatic N) is 2. The molecule has 0 bridgehead atoms. The fourth-order valence-corrected chi connectivity index (χ4v) is 0.992. The first-order valence-electron chi connectivity index (χ1n) is 4.96. The van der Waals surface area contributed by atoms with Crippen molar-refractivity contribution >= 4 is 12.2 Å². The summed E-state index contributed by atoms with van der Waals surface area (Å²) in [4.78, 5) is 8.89. The Morgan fingerprint density at radius 2 is 2.27 bits per heavy atom. The van der Waals surface area contributed by atoms with Crippen molar-refractivity contribution in [1.82, 2.24) is 4.57 Å². The number of hydrogen-bond acceptors (Lipinski definition) is 2. The highest BCUT2D eigenvalue weighted by Gasteiger charge is 1.97. The van der Waals surface area contributed by atoms with Gasteiger partial charge in [0, 0.05) is 5.97 Å². The average Bonchev–Trinajstić information content (AvgIpc) is 2.61. The maximum Gasteiger partial charge on any atom is 0.248 e. The largest absolute Gasteiger partial charge is 0.550 e. The molecule has 0 aliphatic rings. The van der Waals surface area contributed by atoms with Gasteiger partial charge < -0.3 is 9.90 Å². The number of imidazole rings is 1. The van der Waals surface area contributed by atoms with Crippen LogP contribution in [0.25, 0.3) is 6.20 Å². The first-order chi connectivity index (χ1) is 7.10. The highest BCUT2D eigenvalue weighted by molar-refractivity contribution is 5.60. The van der Waals surface area contributed by atoms with Gasteiger partial charge in [-0.05, 0) is 13.3 Å². The molecule has 0 radical (unpaired) electrons. The molecule has 0 N–H and O–H groups in total. The van der Waals surface area contributed by atoms with Gasteiger partial charge in [-0.1, -0.05) is 19.9 Å². The van der Waals surface area contributed by atoms with Crippen LogP contribution in [0.15, 0.2) is 25.3 Å². The van der Waals surface area contributed by atoms with Gasteiger partial charge in [-0.2, -0.15) is 0 Å². The van der Waals surface area contributed by atoms with E-state index in [4.69, 9.17) is 9.90 Å². The number of aryl methyl sites for hydroxylation is 1. The first-order valence-corrected chi connectivity index (χ1v) is 4.96. The van der Waals surface area contributed by atoms with Crippen LogP contribution >= 0.6 is 0 Å². The number of carbonyl (C=O) groups excluding carboxylic acids is 1. The molecule has 1 heterocycles. The highest BCUT2D eigenvalue weighted by atomic mass is 16.4. The minimum Gasteiger partial charge on any atom is -0.550 e. The van der Waals surface area contributed by atoms with Crippen LogP contribution in [0.4, 0.5) is 0 Å². The number of carboxylic acid groups (broad SMARTS) is 1. The van der Waals surface area contributed by atoms with Crippen molar-refractivity contribution in [2.24, 2.45) is 0 Å². The summed E-state index contributed by atoms with van der Waals surface area (Å²) < 4.78 is 4.13. The molecule has 15 heavy (non-hydrogen) atoms. The summed E-state index contributed by atoms with van der Waals surface area (Å²) in [5, 5.41) is 8.89. The van der Waals surface area contributed by atoms with Crippen LogP contribution in [-0.4, -0.2) is 10.5 Å². The van der Waals surface area contributed by atoms with Crippen molar-refractivity contribution in [2.45, 2.75) is 33.2 Å². The lowest BCUT2D eigenvalue weighted by Gasteiger charge is -1.90. The van der Waals surface area contributed by atoms with E-state index in [0.717, 1.165) is 13.5 Å². The lowest BCUT2D eigenvalue weighted by Crippen LogP contribution is -2.30. The molecule has 1 rings (SSSR count). The molecule has 1 aromatic heterocycles. The number of unbranched alkanes of at least 4 members (excludes halogenated alkanes) is 1. The Labute approximate surface area is 90.5 Å². The first kappa shape index (κ1) is 13.4. The maximum atomic E-state index is 8.89. The zero-order valence-corrected chi connectivity index (χ0v) is 9.35. The minimum atomic E-state index is -1.08. The van der Waals surface area contributed by atoms with Crippen LogP contribution in [-0.2, 0) is 11.3 Å². The zero-order valence-electron chi connectivity index (χ0n) is 9.35. The van der Waals surface area contributed by atoms with Crippen LogP contribution in [0, 0.1) is 0 Å². The van der Waals surface area contributed by atoms with Crippen LogP contribution in [0.2, 0.25) is 0 Å². The third kappa shape index (κ3) is 7.49. The number of hydrogen-bond donors (Lipinski definition) is 0. The van der Waals surface area contributed by atoms with Crippen molar-refractivity contribution in [3.05, 3.63) is 25.3 Å². The second-order valence-corrected chi connectivity index (χ2v) is 3.13. The normalized spacial score (nSPS) is 8.93. The fraction of sp³-hybridized carbons (Fsp3) is 0.455. The SMILES string of the molecule is C=Cn1cc[n+](CCCC)c1.CC(=O)[O-]. The molecule has 1 aromatic rings. The Morgan fingerprint density at radius 1 is 1.67 bits per heavy atom. The number of aromatic nitrogens is 2. The van der Waals surface area contributed by atoms with Crippen molar-refractivity contribution in [3.8, 4) is 0 Å². The summed E-state index contributed by atoms with van der Waals surface area (Å²) in [6.45, 7) is 7.95. The molecule has 4 heteroatoms. The zero-order chi connectivity index (χ0) is 11.7. The molecule has 4 nitrogen and oxygen atoms in total. The molecule has 0 atom stereocenters. The van der Waals surface area contributed by atoms with E-state index in [0.29, 0.717) is 0 Å². The molecule has 0 saturated carbocycles. The number of carboxylic acids is 1. The van der Waals surface area contributed by atoms with Crippen molar-refractivity contribution in [2.75, 3.05) is 0 Å². The van der Waals surface area contributed by atoms with Crippen LogP contribution < -0.4 is 9.67 Å². The third-order valence-corrected chi connectivity index (χ3v) is 1.69. The molecule has 0 aliphatic heterocycles. The summed E-state index contributed by atoms with van der Waals surface area (Å²) in [6, 6.07) is 0. The Kier molecular flexibility index (Phi) is 6.97. The van der Waals surface area contributed by atoms with E-state index in [2.05, 4.69) is 24.3 Å². The summed E-state index contributed by atoms with van der Waals surface area (Å²) >= 11 is 0. The van der Waals surface area contributed by atoms with Gasteiger partial charge in [-0.15, -0.1) is 0 Å².